The monoisotopic (exact) mass is 240 g/mol. The minimum atomic E-state index is -0.165. The number of hydrogen-bond acceptors (Lipinski definition) is 3. The van der Waals surface area contributed by atoms with Gasteiger partial charge in [-0.25, -0.2) is 4.99 Å². The van der Waals surface area contributed by atoms with Crippen LogP contribution < -0.4 is 0 Å². The fourth-order valence-electron chi connectivity index (χ4n) is 1.76. The second-order valence-electron chi connectivity index (χ2n) is 3.59. The standard InChI is InChI=1S/C10H12N2OS2/c1-4-12-9(13)7-5(2)6(3)15-8(7)11-10(12)14/h7H,4H2,1-3H3. The Morgan fingerprint density at radius 2 is 2.20 bits per heavy atom. The van der Waals surface area contributed by atoms with Gasteiger partial charge in [-0.05, 0) is 43.5 Å². The van der Waals surface area contributed by atoms with Crippen LogP contribution in [-0.2, 0) is 4.79 Å². The van der Waals surface area contributed by atoms with E-state index in [4.69, 9.17) is 12.2 Å². The van der Waals surface area contributed by atoms with Gasteiger partial charge in [0.15, 0.2) is 0 Å². The lowest BCUT2D eigenvalue weighted by atomic mass is 9.99. The highest BCUT2D eigenvalue weighted by molar-refractivity contribution is 8.17. The molecule has 1 amide bonds. The topological polar surface area (TPSA) is 32.7 Å². The van der Waals surface area contributed by atoms with E-state index >= 15 is 0 Å². The number of carbonyl (C=O) groups is 1. The molecule has 0 spiro atoms. The summed E-state index contributed by atoms with van der Waals surface area (Å²) in [5, 5.41) is 1.26. The van der Waals surface area contributed by atoms with Gasteiger partial charge >= 0.3 is 0 Å². The Labute approximate surface area is 98.6 Å². The van der Waals surface area contributed by atoms with E-state index in [9.17, 15) is 4.79 Å². The van der Waals surface area contributed by atoms with Crippen LogP contribution in [0.15, 0.2) is 15.5 Å². The molecule has 0 saturated carbocycles. The first-order chi connectivity index (χ1) is 7.06. The zero-order valence-corrected chi connectivity index (χ0v) is 10.5. The lowest BCUT2D eigenvalue weighted by molar-refractivity contribution is -0.128. The van der Waals surface area contributed by atoms with Crippen molar-refractivity contribution < 1.29 is 4.79 Å². The zero-order valence-electron chi connectivity index (χ0n) is 8.90. The first-order valence-corrected chi connectivity index (χ1v) is 6.08. The number of thioether (sulfide) groups is 1. The van der Waals surface area contributed by atoms with Crippen LogP contribution in [0.5, 0.6) is 0 Å². The van der Waals surface area contributed by atoms with Crippen molar-refractivity contribution in [3.63, 3.8) is 0 Å². The van der Waals surface area contributed by atoms with Crippen molar-refractivity contribution in [2.75, 3.05) is 6.54 Å². The van der Waals surface area contributed by atoms with Crippen LogP contribution in [-0.4, -0.2) is 27.5 Å². The molecule has 1 atom stereocenters. The Morgan fingerprint density at radius 3 is 2.80 bits per heavy atom. The zero-order chi connectivity index (χ0) is 11.2. The number of rotatable bonds is 1. The van der Waals surface area contributed by atoms with Crippen molar-refractivity contribution in [2.24, 2.45) is 10.9 Å². The van der Waals surface area contributed by atoms with E-state index in [0.717, 1.165) is 10.6 Å². The molecule has 2 heterocycles. The van der Waals surface area contributed by atoms with Crippen LogP contribution in [0.4, 0.5) is 0 Å². The fourth-order valence-corrected chi connectivity index (χ4v) is 3.25. The molecule has 0 bridgehead atoms. The van der Waals surface area contributed by atoms with Gasteiger partial charge in [-0.2, -0.15) is 0 Å². The van der Waals surface area contributed by atoms with E-state index < -0.39 is 0 Å². The molecule has 0 saturated heterocycles. The summed E-state index contributed by atoms with van der Waals surface area (Å²) in [6, 6.07) is 0. The molecule has 0 radical (unpaired) electrons. The lowest BCUT2D eigenvalue weighted by Crippen LogP contribution is -2.44. The van der Waals surface area contributed by atoms with Crippen molar-refractivity contribution >= 4 is 40.0 Å². The molecule has 2 aliphatic rings. The Kier molecular flexibility index (Phi) is 2.68. The summed E-state index contributed by atoms with van der Waals surface area (Å²) < 4.78 is 0. The number of nitrogens with zero attached hydrogens (tertiary/aromatic N) is 2. The van der Waals surface area contributed by atoms with Gasteiger partial charge in [0.05, 0.1) is 5.04 Å². The van der Waals surface area contributed by atoms with E-state index in [0.29, 0.717) is 11.7 Å². The van der Waals surface area contributed by atoms with Crippen molar-refractivity contribution in [2.45, 2.75) is 20.8 Å². The molecule has 1 unspecified atom stereocenters. The molecule has 3 nitrogen and oxygen atoms in total. The summed E-state index contributed by atoms with van der Waals surface area (Å²) in [6.45, 7) is 6.53. The normalized spacial score (nSPS) is 25.9. The Morgan fingerprint density at radius 1 is 1.53 bits per heavy atom. The Bertz CT molecular complexity index is 412. The third kappa shape index (κ3) is 1.54. The molecule has 0 aliphatic carbocycles. The van der Waals surface area contributed by atoms with Gasteiger partial charge in [-0.3, -0.25) is 9.69 Å². The van der Waals surface area contributed by atoms with E-state index in [-0.39, 0.29) is 11.8 Å². The summed E-state index contributed by atoms with van der Waals surface area (Å²) in [6.07, 6.45) is 0. The predicted octanol–water partition coefficient (Wildman–Crippen LogP) is 2.19. The molecule has 5 heteroatoms. The number of carbonyl (C=O) groups excluding carboxylic acids is 1. The molecular formula is C10H12N2OS2. The quantitative estimate of drug-likeness (QED) is 0.659. The lowest BCUT2D eigenvalue weighted by Gasteiger charge is -2.27. The molecule has 2 rings (SSSR count). The molecule has 0 fully saturated rings. The van der Waals surface area contributed by atoms with Crippen molar-refractivity contribution in [3.8, 4) is 0 Å². The van der Waals surface area contributed by atoms with Gasteiger partial charge in [-0.1, -0.05) is 11.8 Å². The SMILES string of the molecule is CCN1C(=O)C2C(=NC1=S)SC(C)=C2C. The number of aliphatic imine (C=N–C) groups is 1. The highest BCUT2D eigenvalue weighted by Crippen LogP contribution is 2.40. The molecule has 15 heavy (non-hydrogen) atoms. The number of fused-ring (bicyclic) bond motifs is 1. The number of hydrogen-bond donors (Lipinski definition) is 0. The third-order valence-electron chi connectivity index (χ3n) is 2.76. The van der Waals surface area contributed by atoms with Crippen LogP contribution in [0.2, 0.25) is 0 Å². The molecule has 2 aliphatic heterocycles. The third-order valence-corrected chi connectivity index (χ3v) is 4.23. The molecular weight excluding hydrogens is 228 g/mol. The maximum Gasteiger partial charge on any atom is 0.242 e. The van der Waals surface area contributed by atoms with Gasteiger partial charge in [0, 0.05) is 6.54 Å². The number of allylic oxidation sites excluding steroid dienone is 1. The highest BCUT2D eigenvalue weighted by Gasteiger charge is 2.40. The largest absolute Gasteiger partial charge is 0.287 e. The second-order valence-corrected chi connectivity index (χ2v) is 5.19. The fraction of sp³-hybridized carbons (Fsp3) is 0.500. The van der Waals surface area contributed by atoms with Gasteiger partial charge in [0.1, 0.15) is 5.92 Å². The van der Waals surface area contributed by atoms with Crippen LogP contribution in [0, 0.1) is 5.92 Å². The number of amides is 1. The molecule has 0 N–H and O–H groups in total. The van der Waals surface area contributed by atoms with E-state index in [2.05, 4.69) is 4.99 Å². The predicted molar refractivity (Wildman–Crippen MR) is 66.9 cm³/mol. The van der Waals surface area contributed by atoms with Gasteiger partial charge < -0.3 is 0 Å². The minimum Gasteiger partial charge on any atom is -0.287 e. The first kappa shape index (κ1) is 10.8. The van der Waals surface area contributed by atoms with Crippen LogP contribution in [0.3, 0.4) is 0 Å². The van der Waals surface area contributed by atoms with Crippen molar-refractivity contribution in [3.05, 3.63) is 10.5 Å². The maximum absolute atomic E-state index is 12.1. The minimum absolute atomic E-state index is 0.0781. The average Bonchev–Trinajstić information content (AvgIpc) is 2.43. The summed E-state index contributed by atoms with van der Waals surface area (Å²) in [4.78, 5) is 19.2. The van der Waals surface area contributed by atoms with Crippen LogP contribution >= 0.6 is 24.0 Å². The smallest absolute Gasteiger partial charge is 0.242 e. The molecule has 0 aromatic heterocycles. The average molecular weight is 240 g/mol. The molecule has 0 aromatic carbocycles. The van der Waals surface area contributed by atoms with Crippen molar-refractivity contribution in [1.29, 1.82) is 0 Å². The molecule has 0 aromatic rings. The Hall–Kier alpha value is -0.680. The van der Waals surface area contributed by atoms with Crippen LogP contribution in [0.1, 0.15) is 20.8 Å². The van der Waals surface area contributed by atoms with Gasteiger partial charge in [0.2, 0.25) is 11.0 Å². The summed E-state index contributed by atoms with van der Waals surface area (Å²) in [5.74, 6) is -0.0870. The summed E-state index contributed by atoms with van der Waals surface area (Å²) >= 11 is 6.66. The Balaban J connectivity index is 2.45. The van der Waals surface area contributed by atoms with E-state index in [1.54, 1.807) is 16.7 Å². The highest BCUT2D eigenvalue weighted by atomic mass is 32.2. The van der Waals surface area contributed by atoms with Crippen LogP contribution in [0.25, 0.3) is 0 Å². The maximum atomic E-state index is 12.1. The number of thiocarbonyl (C=S) groups is 1. The summed E-state index contributed by atoms with van der Waals surface area (Å²) in [5.41, 5.74) is 1.12. The second kappa shape index (κ2) is 3.72. The van der Waals surface area contributed by atoms with Gasteiger partial charge in [0.25, 0.3) is 0 Å². The molecule has 80 valence electrons. The van der Waals surface area contributed by atoms with Gasteiger partial charge in [-0.15, -0.1) is 0 Å². The van der Waals surface area contributed by atoms with E-state index in [1.165, 1.54) is 4.91 Å². The van der Waals surface area contributed by atoms with E-state index in [1.807, 2.05) is 20.8 Å². The van der Waals surface area contributed by atoms with Crippen molar-refractivity contribution in [1.82, 2.24) is 4.90 Å². The summed E-state index contributed by atoms with van der Waals surface area (Å²) in [7, 11) is 0. The first-order valence-electron chi connectivity index (χ1n) is 4.85.